The van der Waals surface area contributed by atoms with Crippen LogP contribution in [0, 0.1) is 0 Å². The van der Waals surface area contributed by atoms with Crippen molar-refractivity contribution >= 4 is 23.5 Å². The molecule has 26 heavy (non-hydrogen) atoms. The fourth-order valence-corrected chi connectivity index (χ4v) is 3.35. The monoisotopic (exact) mass is 378 g/mol. The van der Waals surface area contributed by atoms with Gasteiger partial charge in [-0.1, -0.05) is 17.7 Å². The molecule has 8 heteroatoms. The predicted molar refractivity (Wildman–Crippen MR) is 94.6 cm³/mol. The van der Waals surface area contributed by atoms with Crippen molar-refractivity contribution < 1.29 is 24.2 Å². The Balaban J connectivity index is 1.87. The van der Waals surface area contributed by atoms with Crippen molar-refractivity contribution in [2.45, 2.75) is 19.1 Å². The lowest BCUT2D eigenvalue weighted by Crippen LogP contribution is -2.34. The van der Waals surface area contributed by atoms with Crippen LogP contribution in [0.1, 0.15) is 33.4 Å². The summed E-state index contributed by atoms with van der Waals surface area (Å²) in [5.74, 6) is -1.22. The second kappa shape index (κ2) is 7.39. The van der Waals surface area contributed by atoms with Gasteiger partial charge in [-0.2, -0.15) is 0 Å². The smallest absolute Gasteiger partial charge is 0.330 e. The van der Waals surface area contributed by atoms with Gasteiger partial charge in [0.25, 0.3) is 5.91 Å². The van der Waals surface area contributed by atoms with E-state index in [1.54, 1.807) is 29.8 Å². The lowest BCUT2D eigenvalue weighted by atomic mass is 10.1. The molecule has 0 bridgehead atoms. The highest BCUT2D eigenvalue weighted by molar-refractivity contribution is 6.32. The Morgan fingerprint density at radius 3 is 2.77 bits per heavy atom. The molecule has 0 fully saturated rings. The molecule has 1 aromatic heterocycles. The first kappa shape index (κ1) is 18.3. The van der Waals surface area contributed by atoms with Gasteiger partial charge in [-0.25, -0.2) is 4.79 Å². The van der Waals surface area contributed by atoms with Crippen molar-refractivity contribution in [3.63, 3.8) is 0 Å². The average Bonchev–Trinajstić information content (AvgIpc) is 2.96. The summed E-state index contributed by atoms with van der Waals surface area (Å²) in [4.78, 5) is 24.4. The Hall–Kier alpha value is -2.51. The molecule has 0 spiro atoms. The fourth-order valence-electron chi connectivity index (χ4n) is 3.08. The van der Waals surface area contributed by atoms with E-state index in [0.29, 0.717) is 30.2 Å². The number of fused-ring (bicyclic) bond motifs is 1. The third kappa shape index (κ3) is 3.40. The average molecular weight is 379 g/mol. The number of halogens is 1. The summed E-state index contributed by atoms with van der Waals surface area (Å²) >= 11 is 6.08. The number of nitrogens with one attached hydrogen (secondary N) is 1. The van der Waals surface area contributed by atoms with Gasteiger partial charge in [0.2, 0.25) is 0 Å². The summed E-state index contributed by atoms with van der Waals surface area (Å²) in [7, 11) is 3.26. The Kier molecular flexibility index (Phi) is 5.20. The van der Waals surface area contributed by atoms with Gasteiger partial charge >= 0.3 is 5.97 Å². The molecule has 1 atom stereocenters. The highest BCUT2D eigenvalue weighted by atomic mass is 35.5. The highest BCUT2D eigenvalue weighted by Gasteiger charge is 2.26. The van der Waals surface area contributed by atoms with Gasteiger partial charge in [-0.05, 0) is 29.3 Å². The van der Waals surface area contributed by atoms with Crippen molar-refractivity contribution in [2.75, 3.05) is 13.7 Å². The number of methoxy groups -OCH3 is 1. The van der Waals surface area contributed by atoms with E-state index < -0.39 is 17.9 Å². The SMILES string of the molecule is COc1ccc(C(NC(=O)c2cc3c(n2C)CCOC3)C(=O)O)cc1Cl. The molecule has 1 aliphatic heterocycles. The number of ether oxygens (including phenoxy) is 2. The van der Waals surface area contributed by atoms with Gasteiger partial charge in [-0.15, -0.1) is 0 Å². The van der Waals surface area contributed by atoms with Crippen LogP contribution in [0.3, 0.4) is 0 Å². The maximum Gasteiger partial charge on any atom is 0.330 e. The van der Waals surface area contributed by atoms with E-state index in [0.717, 1.165) is 17.7 Å². The van der Waals surface area contributed by atoms with Crippen LogP contribution in [0.15, 0.2) is 24.3 Å². The molecular formula is C18H19ClN2O5. The zero-order chi connectivity index (χ0) is 18.8. The minimum absolute atomic E-state index is 0.275. The first-order valence-electron chi connectivity index (χ1n) is 8.04. The molecule has 0 saturated heterocycles. The Bertz CT molecular complexity index is 862. The molecule has 0 radical (unpaired) electrons. The van der Waals surface area contributed by atoms with Gasteiger partial charge in [0.05, 0.1) is 25.3 Å². The summed E-state index contributed by atoms with van der Waals surface area (Å²) in [5.41, 5.74) is 2.73. The number of carboxylic acids is 1. The summed E-state index contributed by atoms with van der Waals surface area (Å²) < 4.78 is 12.3. The standard InChI is InChI=1S/C18H19ClN2O5/c1-21-13-5-6-26-9-11(13)8-14(21)17(22)20-16(18(23)24)10-3-4-15(25-2)12(19)7-10/h3-4,7-8,16H,5-6,9H2,1-2H3,(H,20,22)(H,23,24). The molecule has 138 valence electrons. The summed E-state index contributed by atoms with van der Waals surface area (Å²) in [6.45, 7) is 1.06. The van der Waals surface area contributed by atoms with Crippen LogP contribution in [0.5, 0.6) is 5.75 Å². The largest absolute Gasteiger partial charge is 0.495 e. The number of hydrogen-bond acceptors (Lipinski definition) is 4. The molecule has 2 aromatic rings. The Morgan fingerprint density at radius 1 is 1.38 bits per heavy atom. The molecule has 1 unspecified atom stereocenters. The molecule has 3 rings (SSSR count). The predicted octanol–water partition coefficient (Wildman–Crippen LogP) is 2.32. The fraction of sp³-hybridized carbons (Fsp3) is 0.333. The minimum Gasteiger partial charge on any atom is -0.495 e. The number of amides is 1. The lowest BCUT2D eigenvalue weighted by Gasteiger charge is -2.17. The molecule has 7 nitrogen and oxygen atoms in total. The summed E-state index contributed by atoms with van der Waals surface area (Å²) in [6.07, 6.45) is 0.718. The number of benzene rings is 1. The molecule has 1 aliphatic rings. The molecular weight excluding hydrogens is 360 g/mol. The van der Waals surface area contributed by atoms with Crippen LogP contribution in [0.4, 0.5) is 0 Å². The van der Waals surface area contributed by atoms with Gasteiger partial charge < -0.3 is 24.5 Å². The summed E-state index contributed by atoms with van der Waals surface area (Å²) in [5, 5.41) is 12.4. The summed E-state index contributed by atoms with van der Waals surface area (Å²) in [6, 6.07) is 5.12. The van der Waals surface area contributed by atoms with Crippen molar-refractivity contribution in [2.24, 2.45) is 7.05 Å². The van der Waals surface area contributed by atoms with E-state index >= 15 is 0 Å². The van der Waals surface area contributed by atoms with E-state index in [4.69, 9.17) is 21.1 Å². The second-order valence-electron chi connectivity index (χ2n) is 6.00. The number of carbonyl (C=O) groups excluding carboxylic acids is 1. The molecule has 2 N–H and O–H groups in total. The van der Waals surface area contributed by atoms with Crippen LogP contribution < -0.4 is 10.1 Å². The highest BCUT2D eigenvalue weighted by Crippen LogP contribution is 2.28. The number of nitrogens with zero attached hydrogens (tertiary/aromatic N) is 1. The zero-order valence-electron chi connectivity index (χ0n) is 14.4. The minimum atomic E-state index is -1.23. The quantitative estimate of drug-likeness (QED) is 0.833. The maximum absolute atomic E-state index is 12.7. The number of aliphatic carboxylic acids is 1. The first-order valence-corrected chi connectivity index (χ1v) is 8.42. The van der Waals surface area contributed by atoms with E-state index in [2.05, 4.69) is 5.32 Å². The van der Waals surface area contributed by atoms with Gasteiger partial charge in [0.1, 0.15) is 11.4 Å². The second-order valence-corrected chi connectivity index (χ2v) is 6.41. The third-order valence-corrected chi connectivity index (χ3v) is 4.75. The number of rotatable bonds is 5. The molecule has 2 heterocycles. The van der Waals surface area contributed by atoms with Crippen LogP contribution in [0.25, 0.3) is 0 Å². The van der Waals surface area contributed by atoms with E-state index in [-0.39, 0.29) is 5.02 Å². The number of aromatic nitrogens is 1. The number of carboxylic acid groups (broad SMARTS) is 1. The van der Waals surface area contributed by atoms with Crippen LogP contribution in [0.2, 0.25) is 5.02 Å². The van der Waals surface area contributed by atoms with Crippen LogP contribution >= 0.6 is 11.6 Å². The van der Waals surface area contributed by atoms with Gasteiger partial charge in [-0.3, -0.25) is 4.79 Å². The molecule has 0 aliphatic carbocycles. The maximum atomic E-state index is 12.7. The Morgan fingerprint density at radius 2 is 2.15 bits per heavy atom. The topological polar surface area (TPSA) is 89.8 Å². The van der Waals surface area contributed by atoms with E-state index in [1.165, 1.54) is 13.2 Å². The molecule has 1 aromatic carbocycles. The number of carbonyl (C=O) groups is 2. The van der Waals surface area contributed by atoms with Gasteiger partial charge in [0.15, 0.2) is 6.04 Å². The zero-order valence-corrected chi connectivity index (χ0v) is 15.2. The third-order valence-electron chi connectivity index (χ3n) is 4.45. The Labute approximate surface area is 155 Å². The van der Waals surface area contributed by atoms with Crippen molar-refractivity contribution in [1.29, 1.82) is 0 Å². The molecule has 1 amide bonds. The number of hydrogen-bond donors (Lipinski definition) is 2. The van der Waals surface area contributed by atoms with E-state index in [9.17, 15) is 14.7 Å². The van der Waals surface area contributed by atoms with Crippen LogP contribution in [-0.4, -0.2) is 35.3 Å². The van der Waals surface area contributed by atoms with Crippen molar-refractivity contribution in [3.05, 3.63) is 51.8 Å². The lowest BCUT2D eigenvalue weighted by molar-refractivity contribution is -0.139. The first-order chi connectivity index (χ1) is 12.4. The normalized spacial score (nSPS) is 14.4. The van der Waals surface area contributed by atoms with Crippen molar-refractivity contribution in [3.8, 4) is 5.75 Å². The van der Waals surface area contributed by atoms with E-state index in [1.807, 2.05) is 0 Å². The molecule has 0 saturated carbocycles. The van der Waals surface area contributed by atoms with Crippen molar-refractivity contribution in [1.82, 2.24) is 9.88 Å². The van der Waals surface area contributed by atoms with Gasteiger partial charge in [0, 0.05) is 19.2 Å². The van der Waals surface area contributed by atoms with Crippen LogP contribution in [-0.2, 0) is 29.6 Å².